The number of nitrogen functional groups attached to an aromatic ring is 3. The Balaban J connectivity index is 1.10. The molecule has 0 atom stereocenters. The number of aromatic amines is 2. The van der Waals surface area contributed by atoms with Crippen molar-refractivity contribution >= 4 is 87.2 Å². The van der Waals surface area contributed by atoms with Crippen LogP contribution in [0.25, 0.3) is 22.3 Å². The number of carbonyl (C=O) groups excluding carboxylic acids is 8. The molecular weight excluding hydrogens is 1040 g/mol. The van der Waals surface area contributed by atoms with Gasteiger partial charge in [0, 0.05) is 70.3 Å². The maximum Gasteiger partial charge on any atom is 0.349 e. The van der Waals surface area contributed by atoms with Crippen molar-refractivity contribution in [2.24, 2.45) is 11.5 Å². The molecule has 6 rings (SSSR count). The van der Waals surface area contributed by atoms with Crippen LogP contribution in [0.2, 0.25) is 0 Å². The molecule has 79 heavy (non-hydrogen) atoms. The Morgan fingerprint density at radius 1 is 0.582 bits per heavy atom. The number of primary amides is 1. The summed E-state index contributed by atoms with van der Waals surface area (Å²) in [5.74, 6) is -6.22. The van der Waals surface area contributed by atoms with Crippen molar-refractivity contribution in [3.63, 3.8) is 0 Å². The molecule has 420 valence electrons. The van der Waals surface area contributed by atoms with Crippen molar-refractivity contribution in [1.82, 2.24) is 93.7 Å². The SMILES string of the molecule is Cc1cn(CC(=O)N(CCN)CC(=O)NCCN(CC(=O)NCCN(CC(=O)NCCN(CC(N)=O)C(=O)Cn2cnc3c(=O)[nH]c(N)nc32)C(=O)Cn2cnc3c(N)ncnc32)C(=O)Cn2ccc(N)nc2=O)c(=O)[nH]c1=O. The molecule has 0 bridgehead atoms. The van der Waals surface area contributed by atoms with Crippen molar-refractivity contribution < 1.29 is 38.4 Å². The summed E-state index contributed by atoms with van der Waals surface area (Å²) in [6.07, 6.45) is 6.04. The zero-order valence-corrected chi connectivity index (χ0v) is 42.3. The van der Waals surface area contributed by atoms with Crippen molar-refractivity contribution in [2.75, 3.05) is 95.7 Å². The number of imidazole rings is 2. The van der Waals surface area contributed by atoms with Crippen LogP contribution in [0.5, 0.6) is 0 Å². The monoisotopic (exact) mass is 1100 g/mol. The predicted octanol–water partition coefficient (Wildman–Crippen LogP) is -9.07. The van der Waals surface area contributed by atoms with Crippen molar-refractivity contribution in [2.45, 2.75) is 33.1 Å². The maximum absolute atomic E-state index is 13.9. The van der Waals surface area contributed by atoms with Gasteiger partial charge in [-0.15, -0.1) is 0 Å². The van der Waals surface area contributed by atoms with Crippen molar-refractivity contribution in [1.29, 1.82) is 0 Å². The summed E-state index contributed by atoms with van der Waals surface area (Å²) >= 11 is 0. The molecule has 0 radical (unpaired) electrons. The number of aryl methyl sites for hydroxylation is 1. The van der Waals surface area contributed by atoms with E-state index < -0.39 is 122 Å². The first-order valence-corrected chi connectivity index (χ1v) is 23.8. The maximum atomic E-state index is 13.9. The number of rotatable bonds is 27. The van der Waals surface area contributed by atoms with Crippen LogP contribution >= 0.6 is 0 Å². The highest BCUT2D eigenvalue weighted by atomic mass is 16.2. The van der Waals surface area contributed by atoms with Gasteiger partial charge in [0.05, 0.1) is 38.8 Å². The van der Waals surface area contributed by atoms with E-state index in [1.54, 1.807) is 0 Å². The van der Waals surface area contributed by atoms with Gasteiger partial charge in [-0.25, -0.2) is 29.5 Å². The van der Waals surface area contributed by atoms with Gasteiger partial charge in [0.25, 0.3) is 11.1 Å². The lowest BCUT2D eigenvalue weighted by Gasteiger charge is -2.25. The second kappa shape index (κ2) is 26.4. The zero-order valence-electron chi connectivity index (χ0n) is 42.3. The van der Waals surface area contributed by atoms with Gasteiger partial charge in [-0.3, -0.25) is 67.0 Å². The summed E-state index contributed by atoms with van der Waals surface area (Å²) < 4.78 is 4.49. The first-order chi connectivity index (χ1) is 37.6. The number of aromatic nitrogens is 12. The Labute approximate surface area is 443 Å². The fourth-order valence-electron chi connectivity index (χ4n) is 7.57. The third-order valence-corrected chi connectivity index (χ3v) is 11.5. The molecule has 0 aliphatic carbocycles. The molecule has 0 saturated carbocycles. The van der Waals surface area contributed by atoms with E-state index in [0.29, 0.717) is 0 Å². The number of fused-ring (bicyclic) bond motifs is 2. The third kappa shape index (κ3) is 15.8. The van der Waals surface area contributed by atoms with Gasteiger partial charge in [0.15, 0.2) is 22.6 Å². The molecular formula is C43H56N24O12. The number of carbonyl (C=O) groups is 8. The second-order valence-corrected chi connectivity index (χ2v) is 17.3. The molecule has 8 amide bonds. The van der Waals surface area contributed by atoms with Gasteiger partial charge in [-0.1, -0.05) is 0 Å². The summed E-state index contributed by atoms with van der Waals surface area (Å²) in [6, 6.07) is 1.27. The molecule has 15 N–H and O–H groups in total. The van der Waals surface area contributed by atoms with E-state index in [1.165, 1.54) is 47.2 Å². The fraction of sp³-hybridized carbons (Fsp3) is 0.395. The molecule has 0 aromatic carbocycles. The first-order valence-electron chi connectivity index (χ1n) is 23.8. The van der Waals surface area contributed by atoms with E-state index in [-0.39, 0.29) is 97.8 Å². The minimum atomic E-state index is -0.880. The van der Waals surface area contributed by atoms with Crippen molar-refractivity contribution in [3.05, 3.63) is 84.7 Å². The number of hydrogen-bond acceptors (Lipinski definition) is 22. The molecule has 36 heteroatoms. The van der Waals surface area contributed by atoms with E-state index in [9.17, 15) is 57.5 Å². The number of H-pyrrole nitrogens is 2. The van der Waals surface area contributed by atoms with Gasteiger partial charge >= 0.3 is 11.4 Å². The predicted molar refractivity (Wildman–Crippen MR) is 275 cm³/mol. The quantitative estimate of drug-likeness (QED) is 0.0229. The zero-order chi connectivity index (χ0) is 57.5. The largest absolute Gasteiger partial charge is 0.383 e. The van der Waals surface area contributed by atoms with Crippen LogP contribution in [0, 0.1) is 6.92 Å². The minimum Gasteiger partial charge on any atom is -0.383 e. The number of hydrogen-bond donors (Lipinski definition) is 10. The molecule has 0 spiro atoms. The first kappa shape index (κ1) is 57.9. The number of amides is 8. The van der Waals surface area contributed by atoms with Crippen LogP contribution in [-0.2, 0) is 64.5 Å². The number of nitrogens with two attached hydrogens (primary N) is 5. The van der Waals surface area contributed by atoms with Crippen molar-refractivity contribution in [3.8, 4) is 0 Å². The minimum absolute atomic E-state index is 0.00237. The molecule has 0 aliphatic heterocycles. The number of nitrogens with zero attached hydrogens (tertiary/aromatic N) is 14. The molecule has 0 saturated heterocycles. The lowest BCUT2D eigenvalue weighted by Crippen LogP contribution is -2.50. The van der Waals surface area contributed by atoms with E-state index in [1.807, 2.05) is 0 Å². The number of anilines is 3. The molecule has 0 aliphatic rings. The Morgan fingerprint density at radius 3 is 1.61 bits per heavy atom. The van der Waals surface area contributed by atoms with Crippen LogP contribution in [-0.4, -0.2) is 204 Å². The van der Waals surface area contributed by atoms with Crippen LogP contribution < -0.4 is 67.1 Å². The van der Waals surface area contributed by atoms with E-state index in [2.05, 4.69) is 55.8 Å². The molecule has 0 unspecified atom stereocenters. The molecule has 6 aromatic rings. The summed E-state index contributed by atoms with van der Waals surface area (Å²) in [5, 5.41) is 7.73. The topological polar surface area (TPSA) is 513 Å². The smallest absolute Gasteiger partial charge is 0.349 e. The van der Waals surface area contributed by atoms with Crippen LogP contribution in [0.15, 0.2) is 56.6 Å². The van der Waals surface area contributed by atoms with Crippen LogP contribution in [0.4, 0.5) is 17.6 Å². The van der Waals surface area contributed by atoms with E-state index in [4.69, 9.17) is 28.7 Å². The van der Waals surface area contributed by atoms with Gasteiger partial charge in [-0.2, -0.15) is 9.97 Å². The second-order valence-electron chi connectivity index (χ2n) is 17.3. The Bertz CT molecular complexity index is 3530. The van der Waals surface area contributed by atoms with E-state index >= 15 is 0 Å². The lowest BCUT2D eigenvalue weighted by molar-refractivity contribution is -0.138. The highest BCUT2D eigenvalue weighted by molar-refractivity contribution is 5.88. The summed E-state index contributed by atoms with van der Waals surface area (Å²) in [5.41, 5.74) is 25.8. The highest BCUT2D eigenvalue weighted by Gasteiger charge is 2.25. The summed E-state index contributed by atoms with van der Waals surface area (Å²) in [6.45, 7) is -4.79. The Morgan fingerprint density at radius 2 is 1.08 bits per heavy atom. The molecule has 6 aromatic heterocycles. The molecule has 36 nitrogen and oxygen atoms in total. The summed E-state index contributed by atoms with van der Waals surface area (Å²) in [7, 11) is 0. The molecule has 0 fully saturated rings. The molecule has 6 heterocycles. The standard InChI is InChI=1S/C43H56N24O12/c1-24-12-65(43(79)59-39(24)76)18-31(73)60(8-3-44)14-27(69)50-5-10-62(30(72)17-64-7-2-25(45)56-42(64)78)15-28(70)51-6-11-63(33(75)19-66-22-54-34-36(47)52-21-53-37(34)66)16-29(71)49-4-9-61(13-26(46)68)32(74)20-67-23-55-35-38(67)57-41(48)58-40(35)77/h2,7,12,21-23H,3-6,8-11,13-20,44H2,1H3,(H2,46,68)(H,49,71)(H,50,69)(H,51,70)(H2,45,56,78)(H2,47,52,53)(H,59,76,79)(H3,48,57,58,77). The van der Waals surface area contributed by atoms with Crippen LogP contribution in [0.3, 0.4) is 0 Å². The average molecular weight is 1100 g/mol. The van der Waals surface area contributed by atoms with E-state index in [0.717, 1.165) is 35.1 Å². The fourth-order valence-corrected chi connectivity index (χ4v) is 7.57. The summed E-state index contributed by atoms with van der Waals surface area (Å²) in [4.78, 5) is 188. The number of nitrogens with one attached hydrogen (secondary N) is 5. The van der Waals surface area contributed by atoms with Crippen LogP contribution in [0.1, 0.15) is 5.56 Å². The third-order valence-electron chi connectivity index (χ3n) is 11.5. The van der Waals surface area contributed by atoms with Gasteiger partial charge < -0.3 is 73.4 Å². The lowest BCUT2D eigenvalue weighted by atomic mass is 10.3. The average Bonchev–Trinajstić information content (AvgIpc) is 4.03. The Hall–Kier alpha value is -10.4. The van der Waals surface area contributed by atoms with Gasteiger partial charge in [-0.05, 0) is 13.0 Å². The normalized spacial score (nSPS) is 11.0. The van der Waals surface area contributed by atoms with Gasteiger partial charge in [0.2, 0.25) is 53.2 Å². The van der Waals surface area contributed by atoms with Gasteiger partial charge in [0.1, 0.15) is 43.8 Å². The Kier molecular flexibility index (Phi) is 19.3. The highest BCUT2D eigenvalue weighted by Crippen LogP contribution is 2.14.